The third-order valence-electron chi connectivity index (χ3n) is 4.96. The first-order chi connectivity index (χ1) is 13.0. The Bertz CT molecular complexity index is 805. The van der Waals surface area contributed by atoms with Crippen LogP contribution >= 0.6 is 24.8 Å². The third kappa shape index (κ3) is 5.89. The molecular formula is C18H25Cl2N5O4. The molecule has 1 aromatic heterocycles. The summed E-state index contributed by atoms with van der Waals surface area (Å²) in [7, 11) is 1.66. The average molecular weight is 446 g/mol. The zero-order valence-electron chi connectivity index (χ0n) is 16.0. The second kappa shape index (κ2) is 11.1. The summed E-state index contributed by atoms with van der Waals surface area (Å²) in [5.74, 6) is -0.329. The number of hydrogen-bond acceptors (Lipinski definition) is 6. The van der Waals surface area contributed by atoms with Crippen molar-refractivity contribution in [2.24, 2.45) is 5.41 Å². The summed E-state index contributed by atoms with van der Waals surface area (Å²) in [6, 6.07) is 4.45. The van der Waals surface area contributed by atoms with Crippen molar-refractivity contribution in [3.63, 3.8) is 0 Å². The lowest BCUT2D eigenvalue weighted by atomic mass is 9.79. The van der Waals surface area contributed by atoms with Gasteiger partial charge in [0.1, 0.15) is 5.69 Å². The number of nitro groups is 1. The van der Waals surface area contributed by atoms with Gasteiger partial charge in [-0.05, 0) is 38.1 Å². The third-order valence-corrected chi connectivity index (χ3v) is 4.96. The normalized spacial score (nSPS) is 14.9. The van der Waals surface area contributed by atoms with Crippen LogP contribution in [0.1, 0.15) is 23.2 Å². The number of nitro benzene ring substituents is 1. The molecule has 9 nitrogen and oxygen atoms in total. The molecule has 1 amide bonds. The molecule has 2 N–H and O–H groups in total. The highest BCUT2D eigenvalue weighted by atomic mass is 35.5. The number of hydrogen-bond donors (Lipinski definition) is 2. The van der Waals surface area contributed by atoms with Gasteiger partial charge in [0, 0.05) is 43.1 Å². The molecule has 0 atom stereocenters. The number of rotatable bonds is 7. The van der Waals surface area contributed by atoms with Crippen LogP contribution in [-0.2, 0) is 4.74 Å². The smallest absolute Gasteiger partial charge is 0.294 e. The molecule has 1 saturated heterocycles. The molecule has 0 aliphatic carbocycles. The van der Waals surface area contributed by atoms with Gasteiger partial charge in [0.2, 0.25) is 0 Å². The summed E-state index contributed by atoms with van der Waals surface area (Å²) in [4.78, 5) is 27.5. The number of halogens is 2. The lowest BCUT2D eigenvalue weighted by molar-refractivity contribution is -0.384. The number of ether oxygens (including phenoxy) is 1. The second-order valence-corrected chi connectivity index (χ2v) is 6.80. The van der Waals surface area contributed by atoms with Crippen molar-refractivity contribution in [3.05, 3.63) is 52.6 Å². The maximum atomic E-state index is 12.6. The van der Waals surface area contributed by atoms with Crippen LogP contribution in [0.4, 0.5) is 5.69 Å². The fourth-order valence-corrected chi connectivity index (χ4v) is 3.44. The van der Waals surface area contributed by atoms with Crippen LogP contribution in [0.25, 0.3) is 5.69 Å². The van der Waals surface area contributed by atoms with Gasteiger partial charge >= 0.3 is 0 Å². The van der Waals surface area contributed by atoms with Gasteiger partial charge < -0.3 is 19.9 Å². The number of nitrogens with zero attached hydrogens (tertiary/aromatic N) is 3. The minimum atomic E-state index is -0.495. The van der Waals surface area contributed by atoms with E-state index in [1.54, 1.807) is 36.2 Å². The molecular weight excluding hydrogens is 421 g/mol. The van der Waals surface area contributed by atoms with Crippen LogP contribution in [0.3, 0.4) is 0 Å². The summed E-state index contributed by atoms with van der Waals surface area (Å²) < 4.78 is 6.90. The minimum absolute atomic E-state index is 0. The van der Waals surface area contributed by atoms with Crippen LogP contribution in [0.5, 0.6) is 0 Å². The van der Waals surface area contributed by atoms with Crippen molar-refractivity contribution in [3.8, 4) is 5.69 Å². The standard InChI is InChI=1S/C18H23N5O4.2ClH/c1-27-12-18(4-6-19-7-5-18)11-21-17(24)14-2-3-15(16(10-14)23(25)26)22-9-8-20-13-22;;/h2-3,8-10,13,19H,4-7,11-12H2,1H3,(H,21,24);2*1H. The van der Waals surface area contributed by atoms with Crippen molar-refractivity contribution in [1.29, 1.82) is 0 Å². The van der Waals surface area contributed by atoms with E-state index in [0.29, 0.717) is 18.8 Å². The molecule has 2 aromatic rings. The highest BCUT2D eigenvalue weighted by molar-refractivity contribution is 5.95. The molecule has 0 unspecified atom stereocenters. The number of carbonyl (C=O) groups is 1. The van der Waals surface area contributed by atoms with Gasteiger partial charge in [0.15, 0.2) is 0 Å². The van der Waals surface area contributed by atoms with Gasteiger partial charge in [-0.2, -0.15) is 0 Å². The molecule has 0 spiro atoms. The topological polar surface area (TPSA) is 111 Å². The molecule has 0 bridgehead atoms. The molecule has 1 aliphatic rings. The number of amides is 1. The SMILES string of the molecule is COCC1(CNC(=O)c2ccc(-n3ccnc3)c([N+](=O)[O-])c2)CCNCC1.Cl.Cl. The zero-order valence-corrected chi connectivity index (χ0v) is 17.6. The Labute approximate surface area is 181 Å². The maximum absolute atomic E-state index is 12.6. The van der Waals surface area contributed by atoms with E-state index < -0.39 is 4.92 Å². The minimum Gasteiger partial charge on any atom is -0.384 e. The van der Waals surface area contributed by atoms with Gasteiger partial charge in [-0.1, -0.05) is 0 Å². The Morgan fingerprint density at radius 2 is 2.10 bits per heavy atom. The summed E-state index contributed by atoms with van der Waals surface area (Å²) >= 11 is 0. The number of nitrogens with one attached hydrogen (secondary N) is 2. The molecule has 0 radical (unpaired) electrons. The van der Waals surface area contributed by atoms with Gasteiger partial charge in [0.05, 0.1) is 17.9 Å². The number of aromatic nitrogens is 2. The maximum Gasteiger partial charge on any atom is 0.294 e. The van der Waals surface area contributed by atoms with E-state index in [-0.39, 0.29) is 47.4 Å². The van der Waals surface area contributed by atoms with Gasteiger partial charge in [-0.25, -0.2) is 4.98 Å². The van der Waals surface area contributed by atoms with Gasteiger partial charge in [0.25, 0.3) is 11.6 Å². The molecule has 29 heavy (non-hydrogen) atoms. The Morgan fingerprint density at radius 1 is 1.38 bits per heavy atom. The summed E-state index contributed by atoms with van der Waals surface area (Å²) in [5, 5.41) is 17.7. The molecule has 3 rings (SSSR count). The molecule has 1 aliphatic heterocycles. The zero-order chi connectivity index (χ0) is 19.3. The van der Waals surface area contributed by atoms with E-state index in [9.17, 15) is 14.9 Å². The molecule has 11 heteroatoms. The fraction of sp³-hybridized carbons (Fsp3) is 0.444. The van der Waals surface area contributed by atoms with Crippen molar-refractivity contribution < 1.29 is 14.5 Å². The predicted octanol–water partition coefficient (Wildman–Crippen LogP) is 2.37. The molecule has 2 heterocycles. The van der Waals surface area contributed by atoms with Crippen LogP contribution < -0.4 is 10.6 Å². The summed E-state index contributed by atoms with van der Waals surface area (Å²) in [6.45, 7) is 2.79. The first-order valence-corrected chi connectivity index (χ1v) is 8.79. The average Bonchev–Trinajstić information content (AvgIpc) is 3.21. The molecule has 0 saturated carbocycles. The van der Waals surface area contributed by atoms with E-state index in [2.05, 4.69) is 15.6 Å². The number of piperidine rings is 1. The van der Waals surface area contributed by atoms with Crippen LogP contribution in [0, 0.1) is 15.5 Å². The van der Waals surface area contributed by atoms with E-state index in [1.807, 2.05) is 0 Å². The van der Waals surface area contributed by atoms with E-state index in [0.717, 1.165) is 25.9 Å². The molecule has 1 fully saturated rings. The number of methoxy groups -OCH3 is 1. The van der Waals surface area contributed by atoms with E-state index in [4.69, 9.17) is 4.74 Å². The van der Waals surface area contributed by atoms with Crippen molar-refractivity contribution in [1.82, 2.24) is 20.2 Å². The Hall–Kier alpha value is -2.20. The lowest BCUT2D eigenvalue weighted by Crippen LogP contribution is -2.47. The van der Waals surface area contributed by atoms with Crippen molar-refractivity contribution in [2.45, 2.75) is 12.8 Å². The molecule has 160 valence electrons. The van der Waals surface area contributed by atoms with Crippen LogP contribution in [0.2, 0.25) is 0 Å². The lowest BCUT2D eigenvalue weighted by Gasteiger charge is -2.37. The van der Waals surface area contributed by atoms with Gasteiger partial charge in [-0.3, -0.25) is 14.9 Å². The number of imidazole rings is 1. The van der Waals surface area contributed by atoms with Crippen molar-refractivity contribution >= 4 is 36.4 Å². The van der Waals surface area contributed by atoms with Crippen molar-refractivity contribution in [2.75, 3.05) is 33.4 Å². The molecule has 1 aromatic carbocycles. The van der Waals surface area contributed by atoms with E-state index >= 15 is 0 Å². The highest BCUT2D eigenvalue weighted by Gasteiger charge is 2.32. The summed E-state index contributed by atoms with van der Waals surface area (Å²) in [5.41, 5.74) is 0.364. The Balaban J connectivity index is 0.00000210. The van der Waals surface area contributed by atoms with E-state index in [1.165, 1.54) is 12.4 Å². The summed E-state index contributed by atoms with van der Waals surface area (Å²) in [6.07, 6.45) is 6.45. The van der Waals surface area contributed by atoms with Crippen LogP contribution in [0.15, 0.2) is 36.9 Å². The van der Waals surface area contributed by atoms with Crippen LogP contribution in [-0.4, -0.2) is 53.7 Å². The largest absolute Gasteiger partial charge is 0.384 e. The Morgan fingerprint density at radius 3 is 2.69 bits per heavy atom. The predicted molar refractivity (Wildman–Crippen MR) is 113 cm³/mol. The van der Waals surface area contributed by atoms with Gasteiger partial charge in [-0.15, -0.1) is 24.8 Å². The monoisotopic (exact) mass is 445 g/mol. The quantitative estimate of drug-likeness (QED) is 0.499. The first kappa shape index (κ1) is 24.8. The number of benzene rings is 1. The second-order valence-electron chi connectivity index (χ2n) is 6.80. The highest BCUT2D eigenvalue weighted by Crippen LogP contribution is 2.29. The Kier molecular flexibility index (Phi) is 9.51. The number of carbonyl (C=O) groups excluding carboxylic acids is 1. The first-order valence-electron chi connectivity index (χ1n) is 8.79. The fourth-order valence-electron chi connectivity index (χ4n) is 3.44.